The van der Waals surface area contributed by atoms with E-state index in [1.807, 2.05) is 12.1 Å². The summed E-state index contributed by atoms with van der Waals surface area (Å²) in [6.45, 7) is 1.75. The largest absolute Gasteiger partial charge is 0.478 e. The second-order valence-corrected chi connectivity index (χ2v) is 5.61. The number of rotatable bonds is 4. The van der Waals surface area contributed by atoms with Crippen molar-refractivity contribution < 1.29 is 19.4 Å². The van der Waals surface area contributed by atoms with Gasteiger partial charge in [-0.25, -0.2) is 9.59 Å². The molecule has 0 aliphatic heterocycles. The van der Waals surface area contributed by atoms with Gasteiger partial charge in [0.05, 0.1) is 11.1 Å². The molecule has 0 saturated carbocycles. The predicted octanol–water partition coefficient (Wildman–Crippen LogP) is 4.58. The van der Waals surface area contributed by atoms with Gasteiger partial charge in [-0.05, 0) is 42.3 Å². The Balaban J connectivity index is 2.15. The SMILES string of the molecule is Cc1cc(C(=O)O)c(-c2ccccc2)c(C(=O)Oc2ccccc2)c1. The summed E-state index contributed by atoms with van der Waals surface area (Å²) < 4.78 is 5.42. The molecule has 124 valence electrons. The number of esters is 1. The van der Waals surface area contributed by atoms with E-state index in [1.54, 1.807) is 67.6 Å². The first kappa shape index (κ1) is 16.5. The summed E-state index contributed by atoms with van der Waals surface area (Å²) in [6, 6.07) is 20.9. The summed E-state index contributed by atoms with van der Waals surface area (Å²) in [7, 11) is 0. The van der Waals surface area contributed by atoms with E-state index in [9.17, 15) is 14.7 Å². The van der Waals surface area contributed by atoms with Crippen LogP contribution in [0.15, 0.2) is 72.8 Å². The molecule has 0 unspecified atom stereocenters. The number of hydrogen-bond donors (Lipinski definition) is 1. The van der Waals surface area contributed by atoms with E-state index in [0.717, 1.165) is 0 Å². The number of para-hydroxylation sites is 1. The fourth-order valence-corrected chi connectivity index (χ4v) is 2.68. The number of carbonyl (C=O) groups is 2. The summed E-state index contributed by atoms with van der Waals surface area (Å²) in [5.41, 5.74) is 2.00. The molecule has 3 aromatic rings. The van der Waals surface area contributed by atoms with Gasteiger partial charge in [0.2, 0.25) is 0 Å². The number of aryl methyl sites for hydroxylation is 1. The van der Waals surface area contributed by atoms with Crippen LogP contribution in [-0.2, 0) is 0 Å². The third-order valence-electron chi connectivity index (χ3n) is 3.75. The minimum atomic E-state index is -1.09. The lowest BCUT2D eigenvalue weighted by molar-refractivity contribution is 0.0697. The molecule has 0 aliphatic carbocycles. The number of carbonyl (C=O) groups excluding carboxylic acids is 1. The zero-order valence-corrected chi connectivity index (χ0v) is 13.6. The van der Waals surface area contributed by atoms with Gasteiger partial charge in [0.25, 0.3) is 0 Å². The van der Waals surface area contributed by atoms with Crippen LogP contribution in [0.1, 0.15) is 26.3 Å². The number of benzene rings is 3. The summed E-state index contributed by atoms with van der Waals surface area (Å²) in [5.74, 6) is -1.27. The van der Waals surface area contributed by atoms with Crippen molar-refractivity contribution in [3.63, 3.8) is 0 Å². The summed E-state index contributed by atoms with van der Waals surface area (Å²) in [5, 5.41) is 9.60. The first-order valence-electron chi connectivity index (χ1n) is 7.77. The molecule has 4 heteroatoms. The molecule has 0 heterocycles. The van der Waals surface area contributed by atoms with Crippen molar-refractivity contribution in [3.8, 4) is 16.9 Å². The van der Waals surface area contributed by atoms with Crippen LogP contribution in [0.4, 0.5) is 0 Å². The lowest BCUT2D eigenvalue weighted by Gasteiger charge is -2.14. The number of carboxylic acid groups (broad SMARTS) is 1. The predicted molar refractivity (Wildman–Crippen MR) is 95.0 cm³/mol. The minimum Gasteiger partial charge on any atom is -0.478 e. The van der Waals surface area contributed by atoms with Gasteiger partial charge in [-0.2, -0.15) is 0 Å². The van der Waals surface area contributed by atoms with Gasteiger partial charge in [0.15, 0.2) is 0 Å². The van der Waals surface area contributed by atoms with Crippen LogP contribution in [0.5, 0.6) is 5.75 Å². The highest BCUT2D eigenvalue weighted by molar-refractivity contribution is 6.06. The summed E-state index contributed by atoms with van der Waals surface area (Å²) >= 11 is 0. The van der Waals surface area contributed by atoms with Gasteiger partial charge < -0.3 is 9.84 Å². The summed E-state index contributed by atoms with van der Waals surface area (Å²) in [6.07, 6.45) is 0. The van der Waals surface area contributed by atoms with Crippen LogP contribution in [-0.4, -0.2) is 17.0 Å². The molecule has 3 rings (SSSR count). The smallest absolute Gasteiger partial charge is 0.344 e. The van der Waals surface area contributed by atoms with Crippen molar-refractivity contribution in [1.82, 2.24) is 0 Å². The van der Waals surface area contributed by atoms with Crippen LogP contribution >= 0.6 is 0 Å². The van der Waals surface area contributed by atoms with Crippen molar-refractivity contribution >= 4 is 11.9 Å². The highest BCUT2D eigenvalue weighted by atomic mass is 16.5. The highest BCUT2D eigenvalue weighted by Crippen LogP contribution is 2.30. The van der Waals surface area contributed by atoms with E-state index in [2.05, 4.69) is 0 Å². The van der Waals surface area contributed by atoms with Crippen LogP contribution in [0, 0.1) is 6.92 Å². The Kier molecular flexibility index (Phi) is 4.61. The van der Waals surface area contributed by atoms with Gasteiger partial charge in [-0.1, -0.05) is 48.5 Å². The molecule has 4 nitrogen and oxygen atoms in total. The molecule has 0 radical (unpaired) electrons. The quantitative estimate of drug-likeness (QED) is 0.561. The van der Waals surface area contributed by atoms with E-state index >= 15 is 0 Å². The monoisotopic (exact) mass is 332 g/mol. The Bertz CT molecular complexity index is 915. The zero-order chi connectivity index (χ0) is 17.8. The molecule has 0 aromatic heterocycles. The molecule has 0 bridgehead atoms. The third kappa shape index (κ3) is 3.58. The van der Waals surface area contributed by atoms with Crippen LogP contribution in [0.3, 0.4) is 0 Å². The number of ether oxygens (including phenoxy) is 1. The van der Waals surface area contributed by atoms with Crippen LogP contribution < -0.4 is 4.74 Å². The Morgan fingerprint density at radius 1 is 0.840 bits per heavy atom. The summed E-state index contributed by atoms with van der Waals surface area (Å²) in [4.78, 5) is 24.4. The molecule has 3 aromatic carbocycles. The Morgan fingerprint density at radius 2 is 1.40 bits per heavy atom. The van der Waals surface area contributed by atoms with Gasteiger partial charge in [0.1, 0.15) is 5.75 Å². The first-order chi connectivity index (χ1) is 12.1. The molecule has 0 aliphatic rings. The van der Waals surface area contributed by atoms with E-state index in [0.29, 0.717) is 22.4 Å². The lowest BCUT2D eigenvalue weighted by atomic mass is 9.92. The number of carboxylic acids is 1. The standard InChI is InChI=1S/C21H16O4/c1-14-12-17(20(22)23)19(15-8-4-2-5-9-15)18(13-14)21(24)25-16-10-6-3-7-11-16/h2-13H,1H3,(H,22,23). The van der Waals surface area contributed by atoms with Crippen molar-refractivity contribution in [2.24, 2.45) is 0 Å². The number of aromatic carboxylic acids is 1. The fraction of sp³-hybridized carbons (Fsp3) is 0.0476. The molecule has 0 amide bonds. The maximum Gasteiger partial charge on any atom is 0.344 e. The highest BCUT2D eigenvalue weighted by Gasteiger charge is 2.22. The number of hydrogen-bond acceptors (Lipinski definition) is 3. The van der Waals surface area contributed by atoms with E-state index < -0.39 is 11.9 Å². The maximum atomic E-state index is 12.7. The second-order valence-electron chi connectivity index (χ2n) is 5.61. The molecule has 0 saturated heterocycles. The van der Waals surface area contributed by atoms with Crippen molar-refractivity contribution in [1.29, 1.82) is 0 Å². The maximum absolute atomic E-state index is 12.7. The van der Waals surface area contributed by atoms with Gasteiger partial charge in [0, 0.05) is 5.56 Å². The molecule has 0 fully saturated rings. The zero-order valence-electron chi connectivity index (χ0n) is 13.6. The third-order valence-corrected chi connectivity index (χ3v) is 3.75. The van der Waals surface area contributed by atoms with E-state index in [4.69, 9.17) is 4.74 Å². The lowest BCUT2D eigenvalue weighted by Crippen LogP contribution is -2.13. The molecule has 0 atom stereocenters. The topological polar surface area (TPSA) is 63.6 Å². The average Bonchev–Trinajstić information content (AvgIpc) is 2.62. The first-order valence-corrected chi connectivity index (χ1v) is 7.77. The van der Waals surface area contributed by atoms with E-state index in [1.165, 1.54) is 0 Å². The normalized spacial score (nSPS) is 10.3. The average molecular weight is 332 g/mol. The van der Waals surface area contributed by atoms with E-state index in [-0.39, 0.29) is 11.1 Å². The van der Waals surface area contributed by atoms with Gasteiger partial charge in [-0.15, -0.1) is 0 Å². The van der Waals surface area contributed by atoms with Gasteiger partial charge in [-0.3, -0.25) is 0 Å². The van der Waals surface area contributed by atoms with Crippen molar-refractivity contribution in [2.45, 2.75) is 6.92 Å². The van der Waals surface area contributed by atoms with Crippen LogP contribution in [0.2, 0.25) is 0 Å². The van der Waals surface area contributed by atoms with Gasteiger partial charge >= 0.3 is 11.9 Å². The molecular formula is C21H16O4. The van der Waals surface area contributed by atoms with Crippen molar-refractivity contribution in [3.05, 3.63) is 89.5 Å². The Labute approximate surface area is 145 Å². The molecule has 1 N–H and O–H groups in total. The Hall–Kier alpha value is -3.40. The Morgan fingerprint density at radius 3 is 2.00 bits per heavy atom. The van der Waals surface area contributed by atoms with Crippen LogP contribution in [0.25, 0.3) is 11.1 Å². The second kappa shape index (κ2) is 7.01. The fourth-order valence-electron chi connectivity index (χ4n) is 2.68. The minimum absolute atomic E-state index is 0.0752. The molecular weight excluding hydrogens is 316 g/mol. The molecule has 25 heavy (non-hydrogen) atoms. The molecule has 0 spiro atoms. The van der Waals surface area contributed by atoms with Crippen molar-refractivity contribution in [2.75, 3.05) is 0 Å².